The van der Waals surface area contributed by atoms with E-state index in [1.54, 1.807) is 6.92 Å². The van der Waals surface area contributed by atoms with Crippen molar-refractivity contribution in [3.63, 3.8) is 0 Å². The van der Waals surface area contributed by atoms with E-state index >= 15 is 0 Å². The second-order valence-electron chi connectivity index (χ2n) is 5.97. The van der Waals surface area contributed by atoms with Gasteiger partial charge >= 0.3 is 0 Å². The highest BCUT2D eigenvalue weighted by atomic mass is 32.2. The van der Waals surface area contributed by atoms with Crippen LogP contribution in [0.15, 0.2) is 18.2 Å². The van der Waals surface area contributed by atoms with Crippen molar-refractivity contribution in [1.82, 2.24) is 9.80 Å². The Kier molecular flexibility index (Phi) is 7.40. The molecule has 1 aliphatic heterocycles. The standard InChI is InChI=1S/C18H28N2O2S/c1-4-16-10-17(5-2)12-18(11-16)22-13-19-6-8-20(9-7-19)14-23-15(3)21/h10-12H,4-9,13-14H2,1-3H3. The summed E-state index contributed by atoms with van der Waals surface area (Å²) in [5.74, 6) is 1.79. The molecule has 4 nitrogen and oxygen atoms in total. The van der Waals surface area contributed by atoms with E-state index in [-0.39, 0.29) is 5.12 Å². The Balaban J connectivity index is 1.78. The first-order chi connectivity index (χ1) is 11.1. The zero-order chi connectivity index (χ0) is 16.7. The number of carbonyl (C=O) groups is 1. The molecular formula is C18H28N2O2S. The summed E-state index contributed by atoms with van der Waals surface area (Å²) in [5, 5.41) is 0.193. The van der Waals surface area contributed by atoms with Gasteiger partial charge in [-0.25, -0.2) is 0 Å². The van der Waals surface area contributed by atoms with Crippen LogP contribution in [0.25, 0.3) is 0 Å². The van der Waals surface area contributed by atoms with Gasteiger partial charge in [0.25, 0.3) is 0 Å². The molecule has 23 heavy (non-hydrogen) atoms. The molecule has 1 heterocycles. The Bertz CT molecular complexity index is 491. The fourth-order valence-corrected chi connectivity index (χ4v) is 3.24. The predicted octanol–water partition coefficient (Wildman–Crippen LogP) is 3.00. The molecule has 2 rings (SSSR count). The van der Waals surface area contributed by atoms with Crippen molar-refractivity contribution in [1.29, 1.82) is 0 Å². The molecule has 0 bridgehead atoms. The lowest BCUT2D eigenvalue weighted by atomic mass is 10.1. The van der Waals surface area contributed by atoms with Crippen LogP contribution >= 0.6 is 11.8 Å². The minimum absolute atomic E-state index is 0.193. The Labute approximate surface area is 144 Å². The summed E-state index contributed by atoms with van der Waals surface area (Å²) >= 11 is 1.39. The van der Waals surface area contributed by atoms with Gasteiger partial charge in [-0.3, -0.25) is 14.6 Å². The molecule has 5 heteroatoms. The van der Waals surface area contributed by atoms with Gasteiger partial charge in [-0.15, -0.1) is 0 Å². The SMILES string of the molecule is CCc1cc(CC)cc(OCN2CCN(CSC(C)=O)CC2)c1. The Morgan fingerprint density at radius 1 is 1.04 bits per heavy atom. The number of rotatable bonds is 7. The number of hydrogen-bond acceptors (Lipinski definition) is 5. The van der Waals surface area contributed by atoms with Gasteiger partial charge in [0.2, 0.25) is 0 Å². The van der Waals surface area contributed by atoms with Gasteiger partial charge in [-0.1, -0.05) is 31.7 Å². The van der Waals surface area contributed by atoms with Crippen LogP contribution in [0.3, 0.4) is 0 Å². The number of nitrogens with zero attached hydrogens (tertiary/aromatic N) is 2. The van der Waals surface area contributed by atoms with Crippen molar-refractivity contribution in [3.8, 4) is 5.75 Å². The van der Waals surface area contributed by atoms with E-state index in [0.717, 1.165) is 50.6 Å². The number of hydrogen-bond donors (Lipinski definition) is 0. The lowest BCUT2D eigenvalue weighted by molar-refractivity contribution is -0.109. The van der Waals surface area contributed by atoms with Crippen LogP contribution in [0.2, 0.25) is 0 Å². The van der Waals surface area contributed by atoms with E-state index in [1.165, 1.54) is 22.9 Å². The maximum absolute atomic E-state index is 11.0. The summed E-state index contributed by atoms with van der Waals surface area (Å²) in [6.07, 6.45) is 2.08. The minimum atomic E-state index is 0.193. The second kappa shape index (κ2) is 9.30. The molecular weight excluding hydrogens is 308 g/mol. The van der Waals surface area contributed by atoms with E-state index < -0.39 is 0 Å². The van der Waals surface area contributed by atoms with E-state index in [0.29, 0.717) is 6.73 Å². The lowest BCUT2D eigenvalue weighted by Gasteiger charge is -2.33. The van der Waals surface area contributed by atoms with Crippen LogP contribution in [-0.2, 0) is 17.6 Å². The first kappa shape index (κ1) is 18.3. The third kappa shape index (κ3) is 6.16. The second-order valence-corrected chi connectivity index (χ2v) is 7.09. The maximum atomic E-state index is 11.0. The van der Waals surface area contributed by atoms with Crippen molar-refractivity contribution in [3.05, 3.63) is 29.3 Å². The molecule has 0 unspecified atom stereocenters. The zero-order valence-electron chi connectivity index (χ0n) is 14.5. The molecule has 1 fully saturated rings. The van der Waals surface area contributed by atoms with Gasteiger partial charge in [0.15, 0.2) is 5.12 Å². The molecule has 1 aliphatic rings. The molecule has 0 saturated carbocycles. The lowest BCUT2D eigenvalue weighted by Crippen LogP contribution is -2.47. The molecule has 0 aromatic heterocycles. The molecule has 0 aliphatic carbocycles. The fourth-order valence-electron chi connectivity index (χ4n) is 2.62. The molecule has 0 atom stereocenters. The van der Waals surface area contributed by atoms with Crippen LogP contribution in [-0.4, -0.2) is 53.7 Å². The monoisotopic (exact) mass is 336 g/mol. The summed E-state index contributed by atoms with van der Waals surface area (Å²) in [5.41, 5.74) is 2.68. The maximum Gasteiger partial charge on any atom is 0.187 e. The number of thioether (sulfide) groups is 1. The smallest absolute Gasteiger partial charge is 0.187 e. The zero-order valence-corrected chi connectivity index (χ0v) is 15.3. The topological polar surface area (TPSA) is 32.8 Å². The van der Waals surface area contributed by atoms with Gasteiger partial charge in [-0.2, -0.15) is 0 Å². The molecule has 128 valence electrons. The molecule has 0 spiro atoms. The quantitative estimate of drug-likeness (QED) is 0.764. The van der Waals surface area contributed by atoms with Gasteiger partial charge in [0, 0.05) is 33.1 Å². The molecule has 1 aromatic carbocycles. The molecule has 0 N–H and O–H groups in total. The van der Waals surface area contributed by atoms with Crippen molar-refractivity contribution in [2.75, 3.05) is 38.8 Å². The predicted molar refractivity (Wildman–Crippen MR) is 97.0 cm³/mol. The van der Waals surface area contributed by atoms with E-state index in [4.69, 9.17) is 4.74 Å². The van der Waals surface area contributed by atoms with Crippen LogP contribution in [0.1, 0.15) is 31.9 Å². The number of piperazine rings is 1. The normalized spacial score (nSPS) is 16.5. The van der Waals surface area contributed by atoms with Crippen molar-refractivity contribution in [2.24, 2.45) is 0 Å². The Morgan fingerprint density at radius 3 is 2.13 bits per heavy atom. The summed E-state index contributed by atoms with van der Waals surface area (Å²) in [6.45, 7) is 10.6. The minimum Gasteiger partial charge on any atom is -0.478 e. The number of carbonyl (C=O) groups excluding carboxylic acids is 1. The molecule has 0 amide bonds. The number of aryl methyl sites for hydroxylation is 2. The van der Waals surface area contributed by atoms with Crippen LogP contribution in [0, 0.1) is 0 Å². The fraction of sp³-hybridized carbons (Fsp3) is 0.611. The average Bonchev–Trinajstić information content (AvgIpc) is 2.58. The summed E-state index contributed by atoms with van der Waals surface area (Å²) < 4.78 is 6.01. The highest BCUT2D eigenvalue weighted by Gasteiger charge is 2.17. The number of ether oxygens (including phenoxy) is 1. The first-order valence-electron chi connectivity index (χ1n) is 8.44. The van der Waals surface area contributed by atoms with Crippen molar-refractivity contribution < 1.29 is 9.53 Å². The van der Waals surface area contributed by atoms with Crippen molar-refractivity contribution in [2.45, 2.75) is 33.6 Å². The highest BCUT2D eigenvalue weighted by molar-refractivity contribution is 8.13. The van der Waals surface area contributed by atoms with Crippen LogP contribution < -0.4 is 4.74 Å². The third-order valence-corrected chi connectivity index (χ3v) is 5.07. The van der Waals surface area contributed by atoms with Gasteiger partial charge in [0.1, 0.15) is 12.5 Å². The largest absolute Gasteiger partial charge is 0.478 e. The van der Waals surface area contributed by atoms with E-state index in [2.05, 4.69) is 41.8 Å². The van der Waals surface area contributed by atoms with Gasteiger partial charge in [-0.05, 0) is 36.1 Å². The Morgan fingerprint density at radius 2 is 1.61 bits per heavy atom. The van der Waals surface area contributed by atoms with Gasteiger partial charge < -0.3 is 4.74 Å². The summed E-state index contributed by atoms with van der Waals surface area (Å²) in [6, 6.07) is 6.57. The van der Waals surface area contributed by atoms with Gasteiger partial charge in [0.05, 0.1) is 5.88 Å². The summed E-state index contributed by atoms with van der Waals surface area (Å²) in [7, 11) is 0. The average molecular weight is 337 g/mol. The van der Waals surface area contributed by atoms with Crippen LogP contribution in [0.4, 0.5) is 0 Å². The van der Waals surface area contributed by atoms with E-state index in [9.17, 15) is 4.79 Å². The summed E-state index contributed by atoms with van der Waals surface area (Å²) in [4.78, 5) is 15.7. The molecule has 0 radical (unpaired) electrons. The van der Waals surface area contributed by atoms with Crippen LogP contribution in [0.5, 0.6) is 5.75 Å². The highest BCUT2D eigenvalue weighted by Crippen LogP contribution is 2.19. The van der Waals surface area contributed by atoms with Crippen molar-refractivity contribution >= 4 is 16.9 Å². The number of benzene rings is 1. The first-order valence-corrected chi connectivity index (χ1v) is 9.43. The van der Waals surface area contributed by atoms with E-state index in [1.807, 2.05) is 0 Å². The molecule has 1 aromatic rings. The third-order valence-electron chi connectivity index (χ3n) is 4.17. The Hall–Kier alpha value is -1.04. The molecule has 1 saturated heterocycles.